The van der Waals surface area contributed by atoms with Crippen molar-refractivity contribution in [1.29, 1.82) is 0 Å². The number of rotatable bonds is 0. The number of hydrogen-bond acceptors (Lipinski definition) is 2. The number of nitrogens with zero attached hydrogens (tertiary/aromatic N) is 2. The number of para-hydroxylation sites is 2. The van der Waals surface area contributed by atoms with Crippen molar-refractivity contribution >= 4 is 28.0 Å². The summed E-state index contributed by atoms with van der Waals surface area (Å²) in [5, 5.41) is 1.24. The van der Waals surface area contributed by atoms with Gasteiger partial charge in [0.25, 0.3) is 0 Å². The highest BCUT2D eigenvalue weighted by Gasteiger charge is 2.30. The number of nitrogens with one attached hydrogen (secondary N) is 1. The Morgan fingerprint density at radius 2 is 1.75 bits per heavy atom. The van der Waals surface area contributed by atoms with E-state index in [1.807, 2.05) is 12.1 Å². The maximum atomic E-state index is 4.80. The van der Waals surface area contributed by atoms with Gasteiger partial charge in [0.15, 0.2) is 0 Å². The Balaban J connectivity index is 1.85. The predicted molar refractivity (Wildman–Crippen MR) is 81.2 cm³/mol. The van der Waals surface area contributed by atoms with Gasteiger partial charge in [0.1, 0.15) is 0 Å². The Hall–Kier alpha value is -2.68. The van der Waals surface area contributed by atoms with Gasteiger partial charge >= 0.3 is 0 Å². The molecule has 0 saturated carbocycles. The Morgan fingerprint density at radius 1 is 0.900 bits per heavy atom. The molecule has 0 aliphatic carbocycles. The molecule has 3 nitrogen and oxygen atoms in total. The first-order valence-corrected chi connectivity index (χ1v) is 6.75. The van der Waals surface area contributed by atoms with E-state index in [0.717, 1.165) is 28.2 Å². The molecule has 3 heteroatoms. The van der Waals surface area contributed by atoms with Crippen LogP contribution in [0.2, 0.25) is 0 Å². The van der Waals surface area contributed by atoms with Crippen LogP contribution in [0.3, 0.4) is 0 Å². The van der Waals surface area contributed by atoms with E-state index in [1.165, 1.54) is 16.6 Å². The number of hydrogen-bond donors (Lipinski definition) is 1. The predicted octanol–water partition coefficient (Wildman–Crippen LogP) is 3.61. The zero-order valence-corrected chi connectivity index (χ0v) is 10.7. The molecule has 3 aromatic rings. The molecule has 1 N–H and O–H groups in total. The van der Waals surface area contributed by atoms with Gasteiger partial charge in [0, 0.05) is 27.7 Å². The Bertz CT molecular complexity index is 928. The SMILES string of the molecule is c1ccc2c(c1)N=C1C2=NCc2[nH]c3ccccc3c21. The Labute approximate surface area is 115 Å². The van der Waals surface area contributed by atoms with Crippen LogP contribution in [0.25, 0.3) is 10.9 Å². The molecule has 0 saturated heterocycles. The van der Waals surface area contributed by atoms with Crippen LogP contribution in [0, 0.1) is 0 Å². The molecule has 94 valence electrons. The Morgan fingerprint density at radius 3 is 2.75 bits per heavy atom. The molecule has 0 unspecified atom stereocenters. The zero-order chi connectivity index (χ0) is 13.1. The lowest BCUT2D eigenvalue weighted by Gasteiger charge is -2.11. The molecule has 2 aliphatic heterocycles. The van der Waals surface area contributed by atoms with E-state index in [0.29, 0.717) is 6.54 Å². The van der Waals surface area contributed by atoms with Gasteiger partial charge in [-0.3, -0.25) is 4.99 Å². The summed E-state index contributed by atoms with van der Waals surface area (Å²) in [5.41, 5.74) is 7.79. The zero-order valence-electron chi connectivity index (χ0n) is 10.7. The molecule has 0 fully saturated rings. The van der Waals surface area contributed by atoms with Crippen LogP contribution < -0.4 is 0 Å². The number of fused-ring (bicyclic) bond motifs is 7. The largest absolute Gasteiger partial charge is 0.356 e. The summed E-state index contributed by atoms with van der Waals surface area (Å²) in [6.45, 7) is 0.701. The monoisotopic (exact) mass is 257 g/mol. The van der Waals surface area contributed by atoms with E-state index in [2.05, 4.69) is 41.4 Å². The van der Waals surface area contributed by atoms with Crippen LogP contribution in [0.4, 0.5) is 5.69 Å². The molecule has 0 bridgehead atoms. The van der Waals surface area contributed by atoms with Gasteiger partial charge in [-0.25, -0.2) is 4.99 Å². The summed E-state index contributed by atoms with van der Waals surface area (Å²) in [6, 6.07) is 16.6. The summed E-state index contributed by atoms with van der Waals surface area (Å²) in [7, 11) is 0. The first kappa shape index (κ1) is 10.1. The third-order valence-electron chi connectivity index (χ3n) is 4.03. The quantitative estimate of drug-likeness (QED) is 0.639. The topological polar surface area (TPSA) is 40.5 Å². The van der Waals surface area contributed by atoms with Crippen molar-refractivity contribution in [3.63, 3.8) is 0 Å². The summed E-state index contributed by atoms with van der Waals surface area (Å²) in [6.07, 6.45) is 0. The fourth-order valence-corrected chi connectivity index (χ4v) is 3.15. The lowest BCUT2D eigenvalue weighted by molar-refractivity contribution is 1.01. The molecule has 3 heterocycles. The van der Waals surface area contributed by atoms with E-state index < -0.39 is 0 Å². The molecule has 1 aromatic heterocycles. The van der Waals surface area contributed by atoms with Crippen molar-refractivity contribution < 1.29 is 0 Å². The van der Waals surface area contributed by atoms with Crippen LogP contribution >= 0.6 is 0 Å². The summed E-state index contributed by atoms with van der Waals surface area (Å²) < 4.78 is 0. The highest BCUT2D eigenvalue weighted by Crippen LogP contribution is 2.35. The first-order valence-electron chi connectivity index (χ1n) is 6.75. The average Bonchev–Trinajstić information content (AvgIpc) is 3.04. The van der Waals surface area contributed by atoms with Gasteiger partial charge in [-0.15, -0.1) is 0 Å². The lowest BCUT2D eigenvalue weighted by Crippen LogP contribution is -2.18. The van der Waals surface area contributed by atoms with Gasteiger partial charge in [0.05, 0.1) is 23.7 Å². The molecule has 0 amide bonds. The molecule has 2 aliphatic rings. The van der Waals surface area contributed by atoms with Gasteiger partial charge in [-0.1, -0.05) is 36.4 Å². The maximum Gasteiger partial charge on any atom is 0.0993 e. The fourth-order valence-electron chi connectivity index (χ4n) is 3.15. The summed E-state index contributed by atoms with van der Waals surface area (Å²) in [5.74, 6) is 0. The number of H-pyrrole nitrogens is 1. The maximum absolute atomic E-state index is 4.80. The minimum absolute atomic E-state index is 0.701. The van der Waals surface area contributed by atoms with E-state index >= 15 is 0 Å². The highest BCUT2D eigenvalue weighted by atomic mass is 14.9. The molecule has 2 aromatic carbocycles. The van der Waals surface area contributed by atoms with Crippen molar-refractivity contribution in [1.82, 2.24) is 4.98 Å². The standard InChI is InChI=1S/C17H11N3/c1-3-7-12-10(5-1)15-14(19-12)9-18-16-11-6-2-4-8-13(11)20-17(15)16/h1-8,19H,9H2. The highest BCUT2D eigenvalue weighted by molar-refractivity contribution is 6.58. The second kappa shape index (κ2) is 3.45. The van der Waals surface area contributed by atoms with Crippen molar-refractivity contribution in [3.05, 3.63) is 65.4 Å². The van der Waals surface area contributed by atoms with Crippen molar-refractivity contribution in [3.8, 4) is 0 Å². The average molecular weight is 257 g/mol. The van der Waals surface area contributed by atoms with Gasteiger partial charge in [-0.2, -0.15) is 0 Å². The van der Waals surface area contributed by atoms with Gasteiger partial charge in [-0.05, 0) is 12.1 Å². The molecule has 0 atom stereocenters. The van der Waals surface area contributed by atoms with Gasteiger partial charge in [0.2, 0.25) is 0 Å². The fraction of sp³-hybridized carbons (Fsp3) is 0.0588. The van der Waals surface area contributed by atoms with Crippen LogP contribution in [0.5, 0.6) is 0 Å². The Kier molecular flexibility index (Phi) is 1.75. The molecule has 0 radical (unpaired) electrons. The third-order valence-corrected chi connectivity index (χ3v) is 4.03. The normalized spacial score (nSPS) is 15.4. The number of benzene rings is 2. The second-order valence-corrected chi connectivity index (χ2v) is 5.17. The lowest BCUT2D eigenvalue weighted by atomic mass is 9.97. The van der Waals surface area contributed by atoms with E-state index in [9.17, 15) is 0 Å². The van der Waals surface area contributed by atoms with Crippen molar-refractivity contribution in [2.75, 3.05) is 0 Å². The number of aromatic nitrogens is 1. The minimum atomic E-state index is 0.701. The van der Waals surface area contributed by atoms with Crippen LogP contribution in [0.15, 0.2) is 58.5 Å². The smallest absolute Gasteiger partial charge is 0.0993 e. The van der Waals surface area contributed by atoms with E-state index in [1.54, 1.807) is 0 Å². The van der Waals surface area contributed by atoms with Gasteiger partial charge < -0.3 is 4.98 Å². The second-order valence-electron chi connectivity index (χ2n) is 5.17. The third kappa shape index (κ3) is 1.15. The van der Waals surface area contributed by atoms with E-state index in [-0.39, 0.29) is 0 Å². The van der Waals surface area contributed by atoms with Crippen molar-refractivity contribution in [2.24, 2.45) is 9.98 Å². The van der Waals surface area contributed by atoms with Crippen LogP contribution in [-0.2, 0) is 6.54 Å². The van der Waals surface area contributed by atoms with Crippen LogP contribution in [0.1, 0.15) is 16.8 Å². The molecular weight excluding hydrogens is 246 g/mol. The molecular formula is C17H11N3. The molecule has 20 heavy (non-hydrogen) atoms. The molecule has 0 spiro atoms. The van der Waals surface area contributed by atoms with Crippen molar-refractivity contribution in [2.45, 2.75) is 6.54 Å². The summed E-state index contributed by atoms with van der Waals surface area (Å²) >= 11 is 0. The number of aromatic amines is 1. The number of aliphatic imine (C=N–C) groups is 2. The first-order chi connectivity index (χ1) is 9.92. The summed E-state index contributed by atoms with van der Waals surface area (Å²) in [4.78, 5) is 13.0. The minimum Gasteiger partial charge on any atom is -0.356 e. The molecule has 5 rings (SSSR count). The van der Waals surface area contributed by atoms with E-state index in [4.69, 9.17) is 9.98 Å². The van der Waals surface area contributed by atoms with Crippen LogP contribution in [-0.4, -0.2) is 16.4 Å².